The van der Waals surface area contributed by atoms with E-state index in [1.54, 1.807) is 4.90 Å². The first-order valence-corrected chi connectivity index (χ1v) is 10.7. The number of urea groups is 1. The average molecular weight is 414 g/mol. The number of carbonyl (C=O) groups excluding carboxylic acids is 3. The molecule has 9 nitrogen and oxygen atoms in total. The number of hydrogen-bond donors (Lipinski definition) is 1. The number of rotatable bonds is 3. The second-order valence-electron chi connectivity index (χ2n) is 7.54. The van der Waals surface area contributed by atoms with Gasteiger partial charge in [-0.05, 0) is 39.9 Å². The third-order valence-electron chi connectivity index (χ3n) is 4.43. The molecule has 2 aliphatic rings. The molecule has 3 rings (SSSR count). The molecular weight excluding hydrogens is 390 g/mol. The lowest BCUT2D eigenvalue weighted by molar-refractivity contribution is -0.133. The number of aromatic nitrogens is 2. The minimum Gasteiger partial charge on any atom is -0.444 e. The highest BCUT2D eigenvalue weighted by molar-refractivity contribution is 8.00. The molecule has 0 radical (unpaired) electrons. The minimum atomic E-state index is -0.956. The maximum atomic E-state index is 12.9. The number of hydrogen-bond acceptors (Lipinski definition) is 8. The first-order chi connectivity index (χ1) is 12.6. The van der Waals surface area contributed by atoms with Crippen molar-refractivity contribution in [1.29, 1.82) is 0 Å². The van der Waals surface area contributed by atoms with Gasteiger partial charge in [0.25, 0.3) is 5.91 Å². The lowest BCUT2D eigenvalue weighted by Crippen LogP contribution is -2.56. The summed E-state index contributed by atoms with van der Waals surface area (Å²) in [6.07, 6.45) is 2.22. The van der Waals surface area contributed by atoms with Gasteiger partial charge in [-0.15, -0.1) is 10.2 Å². The molecule has 0 aromatic carbocycles. The fraction of sp³-hybridized carbons (Fsp3) is 0.688. The van der Waals surface area contributed by atoms with Gasteiger partial charge in [0.1, 0.15) is 16.1 Å². The summed E-state index contributed by atoms with van der Waals surface area (Å²) in [7, 11) is 0. The van der Waals surface area contributed by atoms with E-state index in [2.05, 4.69) is 15.5 Å². The highest BCUT2D eigenvalue weighted by Crippen LogP contribution is 2.31. The number of thioether (sulfide) groups is 1. The number of nitrogens with one attached hydrogen (secondary N) is 1. The highest BCUT2D eigenvalue weighted by Gasteiger charge is 2.53. The van der Waals surface area contributed by atoms with Gasteiger partial charge in [0.15, 0.2) is 4.34 Å². The number of ether oxygens (including phenoxy) is 1. The molecule has 11 heteroatoms. The first-order valence-electron chi connectivity index (χ1n) is 8.62. The van der Waals surface area contributed by atoms with Crippen molar-refractivity contribution in [2.24, 2.45) is 0 Å². The Labute approximate surface area is 165 Å². The third-order valence-corrected chi connectivity index (χ3v) is 6.31. The fourth-order valence-corrected chi connectivity index (χ4v) is 4.38. The smallest absolute Gasteiger partial charge is 0.410 e. The van der Waals surface area contributed by atoms with Crippen LogP contribution < -0.4 is 5.32 Å². The predicted octanol–water partition coefficient (Wildman–Crippen LogP) is 2.08. The quantitative estimate of drug-likeness (QED) is 0.597. The van der Waals surface area contributed by atoms with Gasteiger partial charge in [0.2, 0.25) is 0 Å². The maximum absolute atomic E-state index is 12.9. The van der Waals surface area contributed by atoms with Crippen LogP contribution in [-0.4, -0.2) is 68.5 Å². The van der Waals surface area contributed by atoms with E-state index >= 15 is 0 Å². The van der Waals surface area contributed by atoms with Gasteiger partial charge in [0, 0.05) is 13.1 Å². The van der Waals surface area contributed by atoms with Crippen molar-refractivity contribution >= 4 is 41.1 Å². The van der Waals surface area contributed by atoms with Crippen LogP contribution in [0.1, 0.15) is 38.6 Å². The number of nitrogens with zero attached hydrogens (tertiary/aromatic N) is 4. The van der Waals surface area contributed by atoms with Crippen molar-refractivity contribution < 1.29 is 19.1 Å². The van der Waals surface area contributed by atoms with Crippen LogP contribution in [-0.2, 0) is 16.1 Å². The second kappa shape index (κ2) is 7.27. The summed E-state index contributed by atoms with van der Waals surface area (Å²) in [5, 5.41) is 11.5. The molecule has 2 fully saturated rings. The van der Waals surface area contributed by atoms with Crippen LogP contribution in [0.3, 0.4) is 0 Å². The molecule has 0 atom stereocenters. The Hall–Kier alpha value is -1.88. The van der Waals surface area contributed by atoms with Gasteiger partial charge in [-0.25, -0.2) is 9.59 Å². The lowest BCUT2D eigenvalue weighted by Gasteiger charge is -2.37. The van der Waals surface area contributed by atoms with E-state index in [1.165, 1.54) is 28.0 Å². The number of amides is 4. The van der Waals surface area contributed by atoms with Gasteiger partial charge >= 0.3 is 12.1 Å². The van der Waals surface area contributed by atoms with Crippen molar-refractivity contribution in [3.63, 3.8) is 0 Å². The number of carbonyl (C=O) groups is 3. The number of imide groups is 1. The molecule has 0 aliphatic carbocycles. The van der Waals surface area contributed by atoms with E-state index in [4.69, 9.17) is 4.74 Å². The van der Waals surface area contributed by atoms with Gasteiger partial charge in [0.05, 0.1) is 6.54 Å². The Bertz CT molecular complexity index is 752. The molecule has 3 heterocycles. The summed E-state index contributed by atoms with van der Waals surface area (Å²) in [4.78, 5) is 40.3. The number of likely N-dealkylation sites (tertiary alicyclic amines) is 1. The van der Waals surface area contributed by atoms with Crippen LogP contribution in [0.2, 0.25) is 0 Å². The highest BCUT2D eigenvalue weighted by atomic mass is 32.2. The summed E-state index contributed by atoms with van der Waals surface area (Å²) >= 11 is 2.83. The van der Waals surface area contributed by atoms with Crippen LogP contribution in [0.4, 0.5) is 9.59 Å². The standard InChI is InChI=1S/C16H23N5O4S2/c1-15(2,3)25-14(24)20-7-5-16(6-8-20)11(22)21(12(23)17-16)9-10-18-19-13(26-4)27-10/h5-9H2,1-4H3,(H,17,23). The van der Waals surface area contributed by atoms with Crippen LogP contribution in [0.25, 0.3) is 0 Å². The minimum absolute atomic E-state index is 0.112. The molecule has 1 spiro atoms. The monoisotopic (exact) mass is 413 g/mol. The summed E-state index contributed by atoms with van der Waals surface area (Å²) in [6.45, 7) is 6.25. The van der Waals surface area contributed by atoms with E-state index in [9.17, 15) is 14.4 Å². The first kappa shape index (κ1) is 19.9. The molecule has 27 heavy (non-hydrogen) atoms. The molecule has 1 N–H and O–H groups in total. The molecule has 2 aliphatic heterocycles. The van der Waals surface area contributed by atoms with E-state index < -0.39 is 23.3 Å². The summed E-state index contributed by atoms with van der Waals surface area (Å²) < 4.78 is 6.17. The molecule has 4 amide bonds. The molecule has 148 valence electrons. The van der Waals surface area contributed by atoms with Gasteiger partial charge < -0.3 is 15.0 Å². The van der Waals surface area contributed by atoms with Crippen LogP contribution in [0, 0.1) is 0 Å². The summed E-state index contributed by atoms with van der Waals surface area (Å²) in [5.74, 6) is -0.266. The zero-order chi connectivity index (χ0) is 19.8. The van der Waals surface area contributed by atoms with Gasteiger partial charge in [-0.3, -0.25) is 9.69 Å². The Morgan fingerprint density at radius 1 is 1.30 bits per heavy atom. The molecule has 0 unspecified atom stereocenters. The average Bonchev–Trinajstić information content (AvgIpc) is 3.13. The molecule has 1 aromatic rings. The SMILES string of the molecule is CSc1nnc(CN2C(=O)NC3(CCN(C(=O)OC(C)(C)C)CC3)C2=O)s1. The van der Waals surface area contributed by atoms with Crippen LogP contribution in [0.5, 0.6) is 0 Å². The molecule has 2 saturated heterocycles. The fourth-order valence-electron chi connectivity index (χ4n) is 3.08. The van der Waals surface area contributed by atoms with Crippen molar-refractivity contribution in [2.75, 3.05) is 19.3 Å². The van der Waals surface area contributed by atoms with E-state index in [-0.39, 0.29) is 12.5 Å². The molecule has 1 aromatic heterocycles. The van der Waals surface area contributed by atoms with Crippen molar-refractivity contribution in [3.8, 4) is 0 Å². The second-order valence-corrected chi connectivity index (χ2v) is 9.65. The van der Waals surface area contributed by atoms with Crippen LogP contribution in [0.15, 0.2) is 4.34 Å². The maximum Gasteiger partial charge on any atom is 0.410 e. The Morgan fingerprint density at radius 2 is 1.96 bits per heavy atom. The topological polar surface area (TPSA) is 105 Å². The normalized spacial score (nSPS) is 19.6. The van der Waals surface area contributed by atoms with Crippen molar-refractivity contribution in [2.45, 2.75) is 55.6 Å². The Morgan fingerprint density at radius 3 is 2.52 bits per heavy atom. The summed E-state index contributed by atoms with van der Waals surface area (Å²) in [6, 6.07) is -0.424. The van der Waals surface area contributed by atoms with Crippen LogP contribution >= 0.6 is 23.1 Å². The van der Waals surface area contributed by atoms with Crippen molar-refractivity contribution in [1.82, 2.24) is 25.3 Å². The van der Waals surface area contributed by atoms with Gasteiger partial charge in [-0.2, -0.15) is 0 Å². The third kappa shape index (κ3) is 4.18. The van der Waals surface area contributed by atoms with E-state index in [0.29, 0.717) is 30.9 Å². The van der Waals surface area contributed by atoms with E-state index in [0.717, 1.165) is 4.34 Å². The summed E-state index contributed by atoms with van der Waals surface area (Å²) in [5.41, 5.74) is -1.53. The zero-order valence-corrected chi connectivity index (χ0v) is 17.4. The lowest BCUT2D eigenvalue weighted by atomic mass is 9.87. The Balaban J connectivity index is 1.64. The zero-order valence-electron chi connectivity index (χ0n) is 15.8. The molecular formula is C16H23N5O4S2. The number of piperidine rings is 1. The molecule has 0 bridgehead atoms. The predicted molar refractivity (Wildman–Crippen MR) is 101 cm³/mol. The van der Waals surface area contributed by atoms with Crippen molar-refractivity contribution in [3.05, 3.63) is 5.01 Å². The molecule has 0 saturated carbocycles. The van der Waals surface area contributed by atoms with E-state index in [1.807, 2.05) is 27.0 Å². The Kier molecular flexibility index (Phi) is 5.35. The van der Waals surface area contributed by atoms with Gasteiger partial charge in [-0.1, -0.05) is 23.1 Å². The largest absolute Gasteiger partial charge is 0.444 e.